The third-order valence-electron chi connectivity index (χ3n) is 12.3. The Hall–Kier alpha value is -8.18. The van der Waals surface area contributed by atoms with Gasteiger partial charge < -0.3 is 0 Å². The van der Waals surface area contributed by atoms with Crippen LogP contribution in [0.1, 0.15) is 0 Å². The van der Waals surface area contributed by atoms with Gasteiger partial charge in [0.2, 0.25) is 0 Å². The summed E-state index contributed by atoms with van der Waals surface area (Å²) in [4.78, 5) is 9.56. The molecule has 4 aromatic heterocycles. The Morgan fingerprint density at radius 1 is 0.379 bits per heavy atom. The van der Waals surface area contributed by atoms with Crippen LogP contribution in [0.15, 0.2) is 237 Å². The Morgan fingerprint density at radius 3 is 1.64 bits per heavy atom. The molecular formula is C59H39N5OPt. The number of rotatable bonds is 9. The fraction of sp³-hybridized carbons (Fsp3) is 0. The standard InChI is InChI=1S/C59H39N5O.Pt/c1-4-17-41(18-5-1)48-27-15-28-49(42-19-6-2-7-20-42)59(48)63-40-62(55-30-12-13-31-56(55)63)45-24-14-25-46(35-45)65-47-32-33-51-50-26-10-11-29-54(50)64(57(51)36-47)58-37-52(43-21-8-3-9-22-43)53(39-61-58)44-23-16-34-60-38-44;/h1-39H;. The molecule has 8 aromatic carbocycles. The first-order valence-electron chi connectivity index (χ1n) is 21.9. The van der Waals surface area contributed by atoms with Crippen molar-refractivity contribution in [2.24, 2.45) is 0 Å². The number of hydrogen-bond acceptors (Lipinski definition) is 3. The van der Waals surface area contributed by atoms with Gasteiger partial charge in [-0.3, -0.25) is 4.98 Å². The van der Waals surface area contributed by atoms with Crippen molar-refractivity contribution >= 4 is 32.8 Å². The van der Waals surface area contributed by atoms with Crippen molar-refractivity contribution in [2.45, 2.75) is 0 Å². The van der Waals surface area contributed by atoms with Gasteiger partial charge >= 0.3 is 294 Å². The SMILES string of the molecule is [Pt]=[c]1n(-c2cccc(Oc3ccc4c5ccccc5n(-c5cc(-c6ccccc6)c(-c6cccnc6)cn5)c4c3)c2)c2ccccc2n1-c1c(-c2ccccc2)cccc1-c1ccccc1. The van der Waals surface area contributed by atoms with Gasteiger partial charge in [-0.1, -0.05) is 48.5 Å². The van der Waals surface area contributed by atoms with Crippen molar-refractivity contribution in [3.8, 4) is 73.2 Å². The van der Waals surface area contributed by atoms with Crippen molar-refractivity contribution in [1.82, 2.24) is 23.7 Å². The number of benzene rings is 8. The van der Waals surface area contributed by atoms with E-state index >= 15 is 0 Å². The Kier molecular flexibility index (Phi) is 10.00. The van der Waals surface area contributed by atoms with Crippen molar-refractivity contribution in [1.29, 1.82) is 0 Å². The predicted molar refractivity (Wildman–Crippen MR) is 264 cm³/mol. The first-order chi connectivity index (χ1) is 32.7. The second kappa shape index (κ2) is 16.7. The summed E-state index contributed by atoms with van der Waals surface area (Å²) in [5.41, 5.74) is 15.2. The van der Waals surface area contributed by atoms with E-state index in [0.29, 0.717) is 0 Å². The van der Waals surface area contributed by atoms with Crippen molar-refractivity contribution in [2.75, 3.05) is 0 Å². The van der Waals surface area contributed by atoms with Crippen LogP contribution in [0.5, 0.6) is 11.5 Å². The van der Waals surface area contributed by atoms with Crippen molar-refractivity contribution < 1.29 is 24.1 Å². The molecule has 0 unspecified atom stereocenters. The number of pyridine rings is 2. The van der Waals surface area contributed by atoms with E-state index in [9.17, 15) is 0 Å². The van der Waals surface area contributed by atoms with E-state index in [4.69, 9.17) is 9.72 Å². The summed E-state index contributed by atoms with van der Waals surface area (Å²) in [5.74, 6) is 2.28. The van der Waals surface area contributed by atoms with Crippen LogP contribution in [0.2, 0.25) is 0 Å². The van der Waals surface area contributed by atoms with E-state index in [1.807, 2.05) is 30.6 Å². The molecule has 0 aliphatic carbocycles. The molecule has 0 aliphatic rings. The van der Waals surface area contributed by atoms with E-state index in [2.05, 4.69) is 238 Å². The number of aromatic nitrogens is 5. The first kappa shape index (κ1) is 39.4. The number of nitrogens with zero attached hydrogens (tertiary/aromatic N) is 5. The average Bonchev–Trinajstić information content (AvgIpc) is 3.87. The van der Waals surface area contributed by atoms with Gasteiger partial charge in [-0.15, -0.1) is 0 Å². The zero-order valence-corrected chi connectivity index (χ0v) is 37.7. The third kappa shape index (κ3) is 6.91. The zero-order chi connectivity index (χ0) is 44.0. The molecular weight excluding hydrogens is 990 g/mol. The van der Waals surface area contributed by atoms with Crippen LogP contribution in [-0.4, -0.2) is 23.7 Å². The molecule has 7 heteroatoms. The van der Waals surface area contributed by atoms with Crippen LogP contribution in [0.25, 0.3) is 94.5 Å². The molecule has 0 saturated carbocycles. The number of hydrogen-bond donors (Lipinski definition) is 0. The van der Waals surface area contributed by atoms with Gasteiger partial charge in [0.1, 0.15) is 0 Å². The molecule has 12 aromatic rings. The monoisotopic (exact) mass is 1030 g/mol. The number of fused-ring (bicyclic) bond motifs is 4. The topological polar surface area (TPSA) is 49.8 Å². The summed E-state index contributed by atoms with van der Waals surface area (Å²) in [6, 6.07) is 76.6. The fourth-order valence-corrected chi connectivity index (χ4v) is 10.4. The summed E-state index contributed by atoms with van der Waals surface area (Å²) in [6.07, 6.45) is 5.67. The summed E-state index contributed by atoms with van der Waals surface area (Å²) < 4.78 is 14.9. The van der Waals surface area contributed by atoms with Crippen LogP contribution < -0.4 is 4.74 Å². The second-order valence-electron chi connectivity index (χ2n) is 16.2. The summed E-state index contributed by atoms with van der Waals surface area (Å²) in [6.45, 7) is 0. The van der Waals surface area contributed by atoms with Gasteiger partial charge in [-0.25, -0.2) is 0 Å². The number of para-hydroxylation sites is 4. The fourth-order valence-electron chi connectivity index (χ4n) is 9.31. The van der Waals surface area contributed by atoms with Crippen LogP contribution >= 0.6 is 0 Å². The minimum absolute atomic E-state index is 0.727. The van der Waals surface area contributed by atoms with Crippen LogP contribution in [0.4, 0.5) is 0 Å². The quantitative estimate of drug-likeness (QED) is 0.145. The minimum atomic E-state index is 0.727. The average molecular weight is 1030 g/mol. The summed E-state index contributed by atoms with van der Waals surface area (Å²) >= 11 is 2.49. The van der Waals surface area contributed by atoms with Gasteiger partial charge in [0.05, 0.1) is 0 Å². The Bertz CT molecular complexity index is 3750. The van der Waals surface area contributed by atoms with Gasteiger partial charge in [0.15, 0.2) is 0 Å². The molecule has 0 spiro atoms. The van der Waals surface area contributed by atoms with E-state index in [1.165, 1.54) is 0 Å². The molecule has 0 saturated heterocycles. The molecule has 316 valence electrons. The molecule has 66 heavy (non-hydrogen) atoms. The molecule has 0 atom stereocenters. The van der Waals surface area contributed by atoms with E-state index in [-0.39, 0.29) is 0 Å². The third-order valence-corrected chi connectivity index (χ3v) is 13.3. The van der Waals surface area contributed by atoms with Gasteiger partial charge in [0, 0.05) is 29.7 Å². The maximum atomic E-state index is 6.84. The van der Waals surface area contributed by atoms with E-state index in [1.54, 1.807) is 6.20 Å². The summed E-state index contributed by atoms with van der Waals surface area (Å²) in [7, 11) is 0. The molecule has 12 rings (SSSR count). The maximum absolute atomic E-state index is 6.84. The van der Waals surface area contributed by atoms with Crippen molar-refractivity contribution in [3.63, 3.8) is 0 Å². The van der Waals surface area contributed by atoms with Gasteiger partial charge in [0.25, 0.3) is 0 Å². The Labute approximate surface area is 392 Å². The van der Waals surface area contributed by atoms with Crippen LogP contribution in [0.3, 0.4) is 0 Å². The Balaban J connectivity index is 0.978. The molecule has 6 nitrogen and oxygen atoms in total. The predicted octanol–water partition coefficient (Wildman–Crippen LogP) is 14.8. The van der Waals surface area contributed by atoms with Crippen molar-refractivity contribution in [3.05, 3.63) is 241 Å². The Morgan fingerprint density at radius 2 is 0.955 bits per heavy atom. The first-order valence-corrected chi connectivity index (χ1v) is 23.0. The van der Waals surface area contributed by atoms with Crippen LogP contribution in [0, 0.1) is 3.80 Å². The molecule has 0 fully saturated rings. The molecule has 0 aliphatic heterocycles. The number of imidazole rings is 1. The van der Waals surface area contributed by atoms with Gasteiger partial charge in [-0.2, -0.15) is 0 Å². The summed E-state index contributed by atoms with van der Waals surface area (Å²) in [5, 5.41) is 2.27. The molecule has 0 N–H and O–H groups in total. The zero-order valence-electron chi connectivity index (χ0n) is 35.5. The number of ether oxygens (including phenoxy) is 1. The molecule has 0 radical (unpaired) electrons. The normalized spacial score (nSPS) is 11.4. The molecule has 0 amide bonds. The molecule has 4 heterocycles. The van der Waals surface area contributed by atoms with E-state index < -0.39 is 0 Å². The van der Waals surface area contributed by atoms with Crippen LogP contribution in [-0.2, 0) is 19.4 Å². The second-order valence-corrected chi connectivity index (χ2v) is 17.2. The van der Waals surface area contributed by atoms with E-state index in [0.717, 1.165) is 110 Å². The van der Waals surface area contributed by atoms with Gasteiger partial charge in [-0.05, 0) is 17.2 Å². The molecule has 0 bridgehead atoms.